The molecule has 0 amide bonds. The lowest BCUT2D eigenvalue weighted by molar-refractivity contribution is 0.125. The smallest absolute Gasteiger partial charge is 0.210 e. The molecule has 0 aromatic heterocycles. The van der Waals surface area contributed by atoms with Gasteiger partial charge in [-0.05, 0) is 33.0 Å². The van der Waals surface area contributed by atoms with E-state index in [9.17, 15) is 8.42 Å². The molecule has 0 aromatic rings. The van der Waals surface area contributed by atoms with Crippen molar-refractivity contribution < 1.29 is 13.2 Å². The Kier molecular flexibility index (Phi) is 3.74. The molecule has 0 saturated heterocycles. The Bertz CT molecular complexity index is 466. The summed E-state index contributed by atoms with van der Waals surface area (Å²) < 4.78 is 31.0. The Balaban J connectivity index is 2.15. The molecule has 2 rings (SSSR count). The van der Waals surface area contributed by atoms with Crippen LogP contribution in [0.4, 0.5) is 0 Å². The zero-order valence-electron chi connectivity index (χ0n) is 10.8. The summed E-state index contributed by atoms with van der Waals surface area (Å²) in [6.07, 6.45) is 6.43. The van der Waals surface area contributed by atoms with Crippen LogP contribution >= 0.6 is 0 Å². The van der Waals surface area contributed by atoms with Crippen LogP contribution in [0.2, 0.25) is 0 Å². The monoisotopic (exact) mass is 273 g/mol. The SMILES string of the molecule is CN(C)C1C(OC2CC2)=CC=NC1NS(C)(=O)=O. The van der Waals surface area contributed by atoms with Gasteiger partial charge in [0.05, 0.1) is 12.4 Å². The second-order valence-corrected chi connectivity index (χ2v) is 6.71. The van der Waals surface area contributed by atoms with Crippen molar-refractivity contribution in [3.05, 3.63) is 11.8 Å². The number of likely N-dealkylation sites (N-methyl/N-ethyl adjacent to an activating group) is 1. The van der Waals surface area contributed by atoms with Crippen LogP contribution in [0.5, 0.6) is 0 Å². The summed E-state index contributed by atoms with van der Waals surface area (Å²) in [4.78, 5) is 6.09. The molecule has 102 valence electrons. The Labute approximate surface area is 108 Å². The molecule has 0 spiro atoms. The van der Waals surface area contributed by atoms with Gasteiger partial charge in [0.25, 0.3) is 0 Å². The molecule has 2 aliphatic rings. The largest absolute Gasteiger partial charge is 0.493 e. The van der Waals surface area contributed by atoms with Crippen molar-refractivity contribution in [1.29, 1.82) is 0 Å². The van der Waals surface area contributed by atoms with Gasteiger partial charge in [0.15, 0.2) is 0 Å². The van der Waals surface area contributed by atoms with Gasteiger partial charge in [0.2, 0.25) is 10.0 Å². The van der Waals surface area contributed by atoms with E-state index in [0.29, 0.717) is 0 Å². The van der Waals surface area contributed by atoms with E-state index < -0.39 is 16.2 Å². The first-order chi connectivity index (χ1) is 8.37. The van der Waals surface area contributed by atoms with E-state index in [4.69, 9.17) is 4.74 Å². The summed E-state index contributed by atoms with van der Waals surface area (Å²) in [6.45, 7) is 0. The van der Waals surface area contributed by atoms with Crippen LogP contribution in [-0.4, -0.2) is 58.2 Å². The number of sulfonamides is 1. The average molecular weight is 273 g/mol. The lowest BCUT2D eigenvalue weighted by Gasteiger charge is -2.33. The highest BCUT2D eigenvalue weighted by atomic mass is 32.2. The first kappa shape index (κ1) is 13.5. The maximum Gasteiger partial charge on any atom is 0.210 e. The molecule has 6 nitrogen and oxygen atoms in total. The molecule has 0 bridgehead atoms. The molecule has 7 heteroatoms. The van der Waals surface area contributed by atoms with Gasteiger partial charge >= 0.3 is 0 Å². The van der Waals surface area contributed by atoms with Crippen LogP contribution in [0.1, 0.15) is 12.8 Å². The lowest BCUT2D eigenvalue weighted by atomic mass is 10.1. The second-order valence-electron chi connectivity index (χ2n) is 4.93. The summed E-state index contributed by atoms with van der Waals surface area (Å²) in [7, 11) is 0.463. The summed E-state index contributed by atoms with van der Waals surface area (Å²) >= 11 is 0. The third kappa shape index (κ3) is 3.54. The average Bonchev–Trinajstić information content (AvgIpc) is 2.98. The molecule has 2 unspecified atom stereocenters. The van der Waals surface area contributed by atoms with Crippen LogP contribution in [-0.2, 0) is 14.8 Å². The van der Waals surface area contributed by atoms with Gasteiger partial charge in [-0.15, -0.1) is 0 Å². The lowest BCUT2D eigenvalue weighted by Crippen LogP contribution is -2.50. The summed E-state index contributed by atoms with van der Waals surface area (Å²) in [6, 6.07) is -0.203. The molecule has 0 radical (unpaired) electrons. The number of nitrogens with one attached hydrogen (secondary N) is 1. The van der Waals surface area contributed by atoms with Gasteiger partial charge in [0, 0.05) is 6.21 Å². The number of rotatable bonds is 5. The van der Waals surface area contributed by atoms with Gasteiger partial charge in [-0.3, -0.25) is 9.89 Å². The Hall–Kier alpha value is -0.920. The molecule has 1 aliphatic heterocycles. The van der Waals surface area contributed by atoms with E-state index in [-0.39, 0.29) is 12.1 Å². The molecule has 18 heavy (non-hydrogen) atoms. The fourth-order valence-electron chi connectivity index (χ4n) is 1.88. The van der Waals surface area contributed by atoms with Crippen LogP contribution in [0, 0.1) is 0 Å². The van der Waals surface area contributed by atoms with E-state index >= 15 is 0 Å². The van der Waals surface area contributed by atoms with Gasteiger partial charge in [-0.2, -0.15) is 4.72 Å². The minimum Gasteiger partial charge on any atom is -0.493 e. The van der Waals surface area contributed by atoms with Crippen molar-refractivity contribution in [2.75, 3.05) is 20.4 Å². The molecule has 1 heterocycles. The predicted molar refractivity (Wildman–Crippen MR) is 69.9 cm³/mol. The summed E-state index contributed by atoms with van der Waals surface area (Å²) in [5.74, 6) is 0.777. The number of aliphatic imine (C=N–C) groups is 1. The molecule has 0 aromatic carbocycles. The van der Waals surface area contributed by atoms with E-state index in [1.807, 2.05) is 25.1 Å². The van der Waals surface area contributed by atoms with Crippen molar-refractivity contribution in [2.45, 2.75) is 31.2 Å². The Morgan fingerprint density at radius 2 is 2.11 bits per heavy atom. The fraction of sp³-hybridized carbons (Fsp3) is 0.727. The molecule has 2 atom stereocenters. The third-order valence-electron chi connectivity index (χ3n) is 2.79. The first-order valence-electron chi connectivity index (χ1n) is 5.90. The minimum absolute atomic E-state index is 0.203. The Morgan fingerprint density at radius 3 is 2.61 bits per heavy atom. The molecular weight excluding hydrogens is 254 g/mol. The maximum atomic E-state index is 11.3. The van der Waals surface area contributed by atoms with Crippen molar-refractivity contribution in [3.63, 3.8) is 0 Å². The van der Waals surface area contributed by atoms with E-state index in [1.165, 1.54) is 0 Å². The Morgan fingerprint density at radius 1 is 1.44 bits per heavy atom. The van der Waals surface area contributed by atoms with Crippen LogP contribution in [0.25, 0.3) is 0 Å². The fourth-order valence-corrected chi connectivity index (χ4v) is 2.51. The van der Waals surface area contributed by atoms with Crippen molar-refractivity contribution in [3.8, 4) is 0 Å². The van der Waals surface area contributed by atoms with E-state index in [2.05, 4.69) is 9.71 Å². The highest BCUT2D eigenvalue weighted by Crippen LogP contribution is 2.29. The highest BCUT2D eigenvalue weighted by molar-refractivity contribution is 7.88. The van der Waals surface area contributed by atoms with Gasteiger partial charge in [-0.25, -0.2) is 8.42 Å². The van der Waals surface area contributed by atoms with Crippen LogP contribution in [0.3, 0.4) is 0 Å². The van der Waals surface area contributed by atoms with E-state index in [1.54, 1.807) is 6.21 Å². The normalized spacial score (nSPS) is 28.3. The first-order valence-corrected chi connectivity index (χ1v) is 7.80. The molecule has 1 aliphatic carbocycles. The second kappa shape index (κ2) is 4.99. The van der Waals surface area contributed by atoms with Crippen LogP contribution < -0.4 is 4.72 Å². The molecular formula is C11H19N3O3S. The van der Waals surface area contributed by atoms with Crippen molar-refractivity contribution >= 4 is 16.2 Å². The summed E-state index contributed by atoms with van der Waals surface area (Å²) in [5.41, 5.74) is 0. The van der Waals surface area contributed by atoms with Crippen molar-refractivity contribution in [2.24, 2.45) is 4.99 Å². The predicted octanol–water partition coefficient (Wildman–Crippen LogP) is -0.0608. The topological polar surface area (TPSA) is 71.0 Å². The molecule has 1 fully saturated rings. The number of dihydropyridines is 1. The van der Waals surface area contributed by atoms with Crippen LogP contribution in [0.15, 0.2) is 16.8 Å². The quantitative estimate of drug-likeness (QED) is 0.762. The third-order valence-corrected chi connectivity index (χ3v) is 3.46. The van der Waals surface area contributed by atoms with Gasteiger partial charge in [0.1, 0.15) is 18.0 Å². The molecule has 1 saturated carbocycles. The number of hydrogen-bond donors (Lipinski definition) is 1. The number of allylic oxidation sites excluding steroid dienone is 1. The van der Waals surface area contributed by atoms with Gasteiger partial charge < -0.3 is 4.74 Å². The van der Waals surface area contributed by atoms with E-state index in [0.717, 1.165) is 24.9 Å². The number of ether oxygens (including phenoxy) is 1. The zero-order chi connectivity index (χ0) is 13.3. The number of hydrogen-bond acceptors (Lipinski definition) is 5. The zero-order valence-corrected chi connectivity index (χ0v) is 11.6. The highest BCUT2D eigenvalue weighted by Gasteiger charge is 2.35. The van der Waals surface area contributed by atoms with Gasteiger partial charge in [-0.1, -0.05) is 0 Å². The molecule has 1 N–H and O–H groups in total. The summed E-state index contributed by atoms with van der Waals surface area (Å²) in [5, 5.41) is 0. The maximum absolute atomic E-state index is 11.3. The van der Waals surface area contributed by atoms with Crippen molar-refractivity contribution in [1.82, 2.24) is 9.62 Å². The standard InChI is InChI=1S/C11H19N3O3S/c1-14(2)10-9(17-8-4-5-8)6-7-12-11(10)13-18(3,15)16/h6-8,10-11,13H,4-5H2,1-3H3. The minimum atomic E-state index is -3.30. The number of nitrogens with zero attached hydrogens (tertiary/aromatic N) is 2.